The van der Waals surface area contributed by atoms with Gasteiger partial charge in [0.05, 0.1) is 18.2 Å². The van der Waals surface area contributed by atoms with Crippen molar-refractivity contribution in [2.24, 2.45) is 0 Å². The highest BCUT2D eigenvalue weighted by Crippen LogP contribution is 2.21. The molecule has 1 aromatic carbocycles. The first kappa shape index (κ1) is 25.6. The molecule has 0 spiro atoms. The van der Waals surface area contributed by atoms with Crippen LogP contribution in [0.15, 0.2) is 30.7 Å². The van der Waals surface area contributed by atoms with Gasteiger partial charge in [0.1, 0.15) is 6.04 Å². The second-order valence-corrected chi connectivity index (χ2v) is 9.33. The molecule has 3 rings (SSSR count). The van der Waals surface area contributed by atoms with Crippen molar-refractivity contribution in [3.05, 3.63) is 42.0 Å². The van der Waals surface area contributed by atoms with Gasteiger partial charge in [-0.2, -0.15) is 11.8 Å². The number of rotatable bonds is 13. The van der Waals surface area contributed by atoms with Gasteiger partial charge < -0.3 is 31.2 Å². The number of carboxylic acid groups (broad SMARTS) is 1. The van der Waals surface area contributed by atoms with Crippen LogP contribution in [0.3, 0.4) is 0 Å². The highest BCUT2D eigenvalue weighted by molar-refractivity contribution is 7.99. The Morgan fingerprint density at radius 3 is 2.76 bits per heavy atom. The number of nitrogen functional groups attached to an aromatic ring is 1. The molecule has 11 heteroatoms. The van der Waals surface area contributed by atoms with Crippen molar-refractivity contribution in [3.63, 3.8) is 0 Å². The van der Waals surface area contributed by atoms with Crippen molar-refractivity contribution in [2.75, 3.05) is 29.2 Å². The molecule has 6 N–H and O–H groups in total. The fourth-order valence-electron chi connectivity index (χ4n) is 3.74. The molecule has 0 bridgehead atoms. The van der Waals surface area contributed by atoms with E-state index in [1.54, 1.807) is 6.07 Å². The van der Waals surface area contributed by atoms with Crippen LogP contribution in [0.1, 0.15) is 48.2 Å². The molecule has 1 aliphatic rings. The van der Waals surface area contributed by atoms with E-state index in [-0.39, 0.29) is 29.3 Å². The van der Waals surface area contributed by atoms with Gasteiger partial charge >= 0.3 is 5.97 Å². The minimum atomic E-state index is -1.17. The number of nitrogens with zero attached hydrogens (tertiary/aromatic N) is 1. The molecule has 10 nitrogen and oxygen atoms in total. The topological polar surface area (TPSA) is 159 Å². The lowest BCUT2D eigenvalue weighted by atomic mass is 10.1. The van der Waals surface area contributed by atoms with Crippen LogP contribution in [-0.2, 0) is 20.7 Å². The quantitative estimate of drug-likeness (QED) is 0.212. The van der Waals surface area contributed by atoms with Crippen LogP contribution in [0.4, 0.5) is 11.4 Å². The number of imidazole rings is 1. The number of ether oxygens (including phenoxy) is 1. The average molecular weight is 490 g/mol. The Hall–Kier alpha value is -3.05. The molecule has 1 fully saturated rings. The summed E-state index contributed by atoms with van der Waals surface area (Å²) in [6, 6.07) is 3.30. The van der Waals surface area contributed by atoms with Gasteiger partial charge in [-0.15, -0.1) is 0 Å². The first-order valence-electron chi connectivity index (χ1n) is 11.3. The molecule has 1 aromatic heterocycles. The Kier molecular flexibility index (Phi) is 9.77. The molecule has 1 aliphatic carbocycles. The molecule has 2 amide bonds. The number of H-pyrrole nitrogens is 1. The number of aromatic amines is 1. The molecule has 0 radical (unpaired) electrons. The number of aromatic nitrogens is 2. The fraction of sp³-hybridized carbons (Fsp3) is 0.478. The lowest BCUT2D eigenvalue weighted by Gasteiger charge is -2.15. The molecule has 34 heavy (non-hydrogen) atoms. The molecular weight excluding hydrogens is 458 g/mol. The Balaban J connectivity index is 1.45. The maximum absolute atomic E-state index is 12.7. The van der Waals surface area contributed by atoms with Crippen LogP contribution < -0.4 is 16.4 Å². The van der Waals surface area contributed by atoms with Crippen LogP contribution in [0.25, 0.3) is 0 Å². The number of amides is 2. The number of hydrogen-bond donors (Lipinski definition) is 5. The number of aliphatic carboxylic acids is 1. The molecule has 1 unspecified atom stereocenters. The third kappa shape index (κ3) is 8.38. The van der Waals surface area contributed by atoms with E-state index in [1.165, 1.54) is 49.3 Å². The summed E-state index contributed by atoms with van der Waals surface area (Å²) in [7, 11) is 0. The van der Waals surface area contributed by atoms with Gasteiger partial charge in [-0.05, 0) is 43.2 Å². The maximum Gasteiger partial charge on any atom is 0.326 e. The van der Waals surface area contributed by atoms with E-state index >= 15 is 0 Å². The molecule has 2 aromatic rings. The second kappa shape index (κ2) is 13.0. The van der Waals surface area contributed by atoms with E-state index in [4.69, 9.17) is 10.5 Å². The predicted molar refractivity (Wildman–Crippen MR) is 131 cm³/mol. The van der Waals surface area contributed by atoms with Crippen LogP contribution in [0.2, 0.25) is 0 Å². The molecule has 0 saturated heterocycles. The lowest BCUT2D eigenvalue weighted by molar-refractivity contribution is -0.139. The molecule has 184 valence electrons. The summed E-state index contributed by atoms with van der Waals surface area (Å²) in [4.78, 5) is 43.2. The van der Waals surface area contributed by atoms with Gasteiger partial charge in [0.2, 0.25) is 5.91 Å². The van der Waals surface area contributed by atoms with Gasteiger partial charge in [0.15, 0.2) is 0 Å². The second-order valence-electron chi connectivity index (χ2n) is 8.22. The maximum atomic E-state index is 12.7. The van der Waals surface area contributed by atoms with Crippen molar-refractivity contribution in [3.8, 4) is 0 Å². The van der Waals surface area contributed by atoms with Crippen LogP contribution in [-0.4, -0.2) is 63.1 Å². The number of carbonyl (C=O) groups is 3. The number of nitrogens with one attached hydrogen (secondary N) is 3. The summed E-state index contributed by atoms with van der Waals surface area (Å²) < 4.78 is 5.82. The monoisotopic (exact) mass is 489 g/mol. The standard InChI is InChI=1S/C23H31N5O5S/c24-16-8-15(22(30)28-20(23(31)32)11-18-12-25-14-26-18)9-17(10-16)27-21(29)13-34-7-3-6-33-19-4-1-2-5-19/h8-10,12,14,19-20H,1-7,11,13,24H2,(H,25,26)(H,27,29)(H,28,30)(H,31,32). The number of benzene rings is 1. The largest absolute Gasteiger partial charge is 0.480 e. The van der Waals surface area contributed by atoms with E-state index in [0.29, 0.717) is 24.1 Å². The molecule has 1 atom stereocenters. The summed E-state index contributed by atoms with van der Waals surface area (Å²) in [6.45, 7) is 0.713. The number of nitrogens with two attached hydrogens (primary N) is 1. The van der Waals surface area contributed by atoms with E-state index in [0.717, 1.165) is 25.0 Å². The van der Waals surface area contributed by atoms with Crippen molar-refractivity contribution >= 4 is 40.9 Å². The number of thioether (sulfide) groups is 1. The van der Waals surface area contributed by atoms with E-state index in [2.05, 4.69) is 20.6 Å². The Bertz CT molecular complexity index is 963. The van der Waals surface area contributed by atoms with E-state index in [9.17, 15) is 19.5 Å². The normalized spacial score (nSPS) is 14.6. The summed E-state index contributed by atoms with van der Waals surface area (Å²) in [5, 5.41) is 14.7. The fourth-order valence-corrected chi connectivity index (χ4v) is 4.46. The zero-order valence-electron chi connectivity index (χ0n) is 18.9. The number of hydrogen-bond acceptors (Lipinski definition) is 7. The molecular formula is C23H31N5O5S. The molecule has 1 heterocycles. The van der Waals surface area contributed by atoms with E-state index < -0.39 is 17.9 Å². The SMILES string of the molecule is Nc1cc(NC(=O)CSCCCOC2CCCC2)cc(C(=O)NC(Cc2cnc[nH]2)C(=O)O)c1. The van der Waals surface area contributed by atoms with Crippen LogP contribution in [0.5, 0.6) is 0 Å². The zero-order chi connectivity index (χ0) is 24.3. The Morgan fingerprint density at radius 2 is 2.06 bits per heavy atom. The van der Waals surface area contributed by atoms with Crippen molar-refractivity contribution in [1.29, 1.82) is 0 Å². The highest BCUT2D eigenvalue weighted by Gasteiger charge is 2.22. The average Bonchev–Trinajstić information content (AvgIpc) is 3.49. The van der Waals surface area contributed by atoms with Gasteiger partial charge in [-0.25, -0.2) is 9.78 Å². The van der Waals surface area contributed by atoms with Gasteiger partial charge in [-0.1, -0.05) is 12.8 Å². The smallest absolute Gasteiger partial charge is 0.326 e. The number of anilines is 2. The van der Waals surface area contributed by atoms with Crippen molar-refractivity contribution in [2.45, 2.75) is 50.7 Å². The van der Waals surface area contributed by atoms with Gasteiger partial charge in [-0.3, -0.25) is 9.59 Å². The molecule has 0 aliphatic heterocycles. The number of carboxylic acids is 1. The minimum Gasteiger partial charge on any atom is -0.480 e. The highest BCUT2D eigenvalue weighted by atomic mass is 32.2. The zero-order valence-corrected chi connectivity index (χ0v) is 19.7. The summed E-state index contributed by atoms with van der Waals surface area (Å²) >= 11 is 1.52. The molecule has 1 saturated carbocycles. The summed E-state index contributed by atoms with van der Waals surface area (Å²) in [6.07, 6.45) is 9.07. The van der Waals surface area contributed by atoms with Crippen LogP contribution in [0, 0.1) is 0 Å². The van der Waals surface area contributed by atoms with Gasteiger partial charge in [0.25, 0.3) is 5.91 Å². The Morgan fingerprint density at radius 1 is 1.26 bits per heavy atom. The Labute approximate surface area is 202 Å². The predicted octanol–water partition coefficient (Wildman–Crippen LogP) is 2.44. The lowest BCUT2D eigenvalue weighted by Crippen LogP contribution is -2.42. The summed E-state index contributed by atoms with van der Waals surface area (Å²) in [5.74, 6) is -0.901. The first-order valence-corrected chi connectivity index (χ1v) is 12.5. The van der Waals surface area contributed by atoms with Crippen molar-refractivity contribution < 1.29 is 24.2 Å². The van der Waals surface area contributed by atoms with Crippen molar-refractivity contribution in [1.82, 2.24) is 15.3 Å². The van der Waals surface area contributed by atoms with Crippen LogP contribution >= 0.6 is 11.8 Å². The first-order chi connectivity index (χ1) is 16.4. The minimum absolute atomic E-state index is 0.0515. The number of carbonyl (C=O) groups excluding carboxylic acids is 2. The van der Waals surface area contributed by atoms with Gasteiger partial charge in [0, 0.05) is 41.9 Å². The third-order valence-corrected chi connectivity index (χ3v) is 6.45. The van der Waals surface area contributed by atoms with E-state index in [1.807, 2.05) is 0 Å². The summed E-state index contributed by atoms with van der Waals surface area (Å²) in [5.41, 5.74) is 7.29. The third-order valence-electron chi connectivity index (χ3n) is 5.41.